The second kappa shape index (κ2) is 7.09. The molecule has 0 atom stereocenters. The number of allylic oxidation sites excluding steroid dienone is 2. The first-order valence-electron chi connectivity index (χ1n) is 8.33. The Hall–Kier alpha value is -3.38. The van der Waals surface area contributed by atoms with Crippen LogP contribution in [0.3, 0.4) is 0 Å². The lowest BCUT2D eigenvalue weighted by Crippen LogP contribution is -1.93. The monoisotopic (exact) mass is 371 g/mol. The fourth-order valence-corrected chi connectivity index (χ4v) is 3.83. The van der Waals surface area contributed by atoms with Crippen molar-refractivity contribution >= 4 is 34.7 Å². The van der Waals surface area contributed by atoms with Crippen LogP contribution in [0.2, 0.25) is 0 Å². The van der Waals surface area contributed by atoms with Gasteiger partial charge in [-0.15, -0.1) is 11.3 Å². The molecule has 0 aliphatic rings. The molecule has 4 rings (SSSR count). The van der Waals surface area contributed by atoms with E-state index in [0.717, 1.165) is 37.7 Å². The van der Waals surface area contributed by atoms with E-state index in [1.807, 2.05) is 49.9 Å². The number of pyridine rings is 2. The minimum Gasteiger partial charge on any atom is -0.350 e. The summed E-state index contributed by atoms with van der Waals surface area (Å²) in [6.07, 6.45) is 11.0. The lowest BCUT2D eigenvalue weighted by molar-refractivity contribution is 0.967. The average molecular weight is 371 g/mol. The van der Waals surface area contributed by atoms with Gasteiger partial charge in [-0.05, 0) is 37.1 Å². The van der Waals surface area contributed by atoms with Gasteiger partial charge in [0.05, 0.1) is 27.5 Å². The number of nitrogens with zero attached hydrogens (tertiary/aromatic N) is 5. The summed E-state index contributed by atoms with van der Waals surface area (Å²) in [6, 6.07) is 8.01. The molecule has 6 heteroatoms. The second-order valence-electron chi connectivity index (χ2n) is 5.93. The summed E-state index contributed by atoms with van der Waals surface area (Å²) in [7, 11) is 2.02. The van der Waals surface area contributed by atoms with E-state index in [0.29, 0.717) is 5.70 Å². The molecule has 4 aromatic rings. The molecule has 0 saturated heterocycles. The summed E-state index contributed by atoms with van der Waals surface area (Å²) in [5.41, 5.74) is 4.39. The van der Waals surface area contributed by atoms with Crippen LogP contribution in [0.15, 0.2) is 72.8 Å². The Morgan fingerprint density at radius 2 is 2.19 bits per heavy atom. The van der Waals surface area contributed by atoms with Gasteiger partial charge in [-0.1, -0.05) is 12.7 Å². The van der Waals surface area contributed by atoms with Crippen LogP contribution < -0.4 is 0 Å². The molecular weight excluding hydrogens is 354 g/mol. The first-order chi connectivity index (χ1) is 13.2. The fraction of sp³-hybridized carbons (Fsp3) is 0.0476. The van der Waals surface area contributed by atoms with Crippen molar-refractivity contribution in [2.24, 2.45) is 12.0 Å². The molecule has 0 N–H and O–H groups in total. The van der Waals surface area contributed by atoms with Crippen LogP contribution in [-0.2, 0) is 7.05 Å². The molecule has 0 aliphatic heterocycles. The number of aliphatic imine (C=N–C) groups is 1. The maximum absolute atomic E-state index is 4.87. The summed E-state index contributed by atoms with van der Waals surface area (Å²) in [6.45, 7) is 7.41. The topological polar surface area (TPSA) is 56.0 Å². The molecule has 0 aliphatic carbocycles. The summed E-state index contributed by atoms with van der Waals surface area (Å²) < 4.78 is 2.07. The van der Waals surface area contributed by atoms with Crippen LogP contribution in [0.5, 0.6) is 0 Å². The average Bonchev–Trinajstić information content (AvgIpc) is 3.34. The van der Waals surface area contributed by atoms with Crippen LogP contribution in [0.1, 0.15) is 5.69 Å². The molecule has 4 heterocycles. The van der Waals surface area contributed by atoms with E-state index in [4.69, 9.17) is 4.98 Å². The number of fused-ring (bicyclic) bond motifs is 1. The molecule has 0 unspecified atom stereocenters. The molecule has 132 valence electrons. The van der Waals surface area contributed by atoms with Gasteiger partial charge in [-0.2, -0.15) is 0 Å². The van der Waals surface area contributed by atoms with Crippen LogP contribution >= 0.6 is 11.3 Å². The quantitative estimate of drug-likeness (QED) is 0.367. The van der Waals surface area contributed by atoms with Gasteiger partial charge in [0.1, 0.15) is 5.01 Å². The first-order valence-corrected chi connectivity index (χ1v) is 9.15. The number of aryl methyl sites for hydroxylation is 1. The van der Waals surface area contributed by atoms with Crippen molar-refractivity contribution in [3.63, 3.8) is 0 Å². The molecule has 0 radical (unpaired) electrons. The minimum absolute atomic E-state index is 0.686. The smallest absolute Gasteiger partial charge is 0.125 e. The van der Waals surface area contributed by atoms with E-state index in [2.05, 4.69) is 38.9 Å². The molecule has 0 amide bonds. The van der Waals surface area contributed by atoms with Gasteiger partial charge in [-0.25, -0.2) is 9.97 Å². The molecule has 5 nitrogen and oxygen atoms in total. The zero-order valence-corrected chi connectivity index (χ0v) is 15.6. The van der Waals surface area contributed by atoms with Crippen molar-refractivity contribution in [1.82, 2.24) is 19.5 Å². The van der Waals surface area contributed by atoms with Gasteiger partial charge in [0.25, 0.3) is 0 Å². The van der Waals surface area contributed by atoms with E-state index in [1.54, 1.807) is 23.6 Å². The standard InChI is InChI=1S/C21H17N5S/c1-4-6-16(22-2)17-11-18-15(8-10-26(18)3)20(25-17)19-13-24-21(27-19)14-7-5-9-23-12-14/h4-13H,1-2H2,3H3/b16-6-. The molecule has 27 heavy (non-hydrogen) atoms. The predicted octanol–water partition coefficient (Wildman–Crippen LogP) is 4.99. The molecule has 0 aromatic carbocycles. The zero-order valence-electron chi connectivity index (χ0n) is 14.8. The highest BCUT2D eigenvalue weighted by Crippen LogP contribution is 2.36. The third-order valence-electron chi connectivity index (χ3n) is 4.24. The van der Waals surface area contributed by atoms with Gasteiger partial charge in [0.15, 0.2) is 0 Å². The van der Waals surface area contributed by atoms with Crippen molar-refractivity contribution in [3.05, 3.63) is 73.5 Å². The molecule has 0 fully saturated rings. The number of hydrogen-bond donors (Lipinski definition) is 0. The number of aromatic nitrogens is 4. The first kappa shape index (κ1) is 17.1. The number of thiazole rings is 1. The highest BCUT2D eigenvalue weighted by Gasteiger charge is 2.15. The maximum atomic E-state index is 4.87. The number of hydrogen-bond acceptors (Lipinski definition) is 5. The highest BCUT2D eigenvalue weighted by molar-refractivity contribution is 7.18. The van der Waals surface area contributed by atoms with Gasteiger partial charge in [-0.3, -0.25) is 9.98 Å². The van der Waals surface area contributed by atoms with Gasteiger partial charge in [0.2, 0.25) is 0 Å². The predicted molar refractivity (Wildman–Crippen MR) is 113 cm³/mol. The Morgan fingerprint density at radius 1 is 1.30 bits per heavy atom. The Morgan fingerprint density at radius 3 is 2.93 bits per heavy atom. The fourth-order valence-electron chi connectivity index (χ4n) is 2.92. The van der Waals surface area contributed by atoms with E-state index < -0.39 is 0 Å². The van der Waals surface area contributed by atoms with E-state index >= 15 is 0 Å². The third kappa shape index (κ3) is 3.11. The Labute approximate surface area is 161 Å². The lowest BCUT2D eigenvalue weighted by Gasteiger charge is -2.07. The van der Waals surface area contributed by atoms with Crippen molar-refractivity contribution in [3.8, 4) is 21.1 Å². The van der Waals surface area contributed by atoms with Crippen molar-refractivity contribution in [2.45, 2.75) is 0 Å². The lowest BCUT2D eigenvalue weighted by atomic mass is 10.1. The van der Waals surface area contributed by atoms with Crippen LogP contribution in [-0.4, -0.2) is 26.2 Å². The van der Waals surface area contributed by atoms with Crippen LogP contribution in [0.25, 0.3) is 37.7 Å². The largest absolute Gasteiger partial charge is 0.350 e. The highest BCUT2D eigenvalue weighted by atomic mass is 32.1. The van der Waals surface area contributed by atoms with Gasteiger partial charge in [0, 0.05) is 42.8 Å². The summed E-state index contributed by atoms with van der Waals surface area (Å²) in [4.78, 5) is 18.7. The third-order valence-corrected chi connectivity index (χ3v) is 5.29. The zero-order chi connectivity index (χ0) is 18.8. The van der Waals surface area contributed by atoms with Gasteiger partial charge >= 0.3 is 0 Å². The van der Waals surface area contributed by atoms with Crippen LogP contribution in [0, 0.1) is 0 Å². The summed E-state index contributed by atoms with van der Waals surface area (Å²) in [5, 5.41) is 1.99. The SMILES string of the molecule is C=C/C=C(\N=C)c1cc2c(ccn2C)c(-c2cnc(-c3cccnc3)s2)n1. The summed E-state index contributed by atoms with van der Waals surface area (Å²) >= 11 is 1.60. The maximum Gasteiger partial charge on any atom is 0.125 e. The Balaban J connectivity index is 1.91. The Bertz CT molecular complexity index is 1170. The molecule has 4 aromatic heterocycles. The van der Waals surface area contributed by atoms with Gasteiger partial charge < -0.3 is 4.57 Å². The molecule has 0 bridgehead atoms. The van der Waals surface area contributed by atoms with E-state index in [1.165, 1.54) is 0 Å². The minimum atomic E-state index is 0.686. The molecule has 0 saturated carbocycles. The summed E-state index contributed by atoms with van der Waals surface area (Å²) in [5.74, 6) is 0. The van der Waals surface area contributed by atoms with Crippen molar-refractivity contribution < 1.29 is 0 Å². The normalized spacial score (nSPS) is 11.7. The van der Waals surface area contributed by atoms with Crippen molar-refractivity contribution in [1.29, 1.82) is 0 Å². The Kier molecular flexibility index (Phi) is 4.48. The van der Waals surface area contributed by atoms with Crippen LogP contribution in [0.4, 0.5) is 0 Å². The number of rotatable bonds is 5. The van der Waals surface area contributed by atoms with E-state index in [-0.39, 0.29) is 0 Å². The second-order valence-corrected chi connectivity index (χ2v) is 6.96. The van der Waals surface area contributed by atoms with E-state index in [9.17, 15) is 0 Å². The molecular formula is C21H17N5S. The molecule has 0 spiro atoms. The van der Waals surface area contributed by atoms with Crippen molar-refractivity contribution in [2.75, 3.05) is 0 Å².